The van der Waals surface area contributed by atoms with Crippen LogP contribution >= 0.6 is 0 Å². The molecule has 1 saturated carbocycles. The smallest absolute Gasteiger partial charge is 0.108 e. The summed E-state index contributed by atoms with van der Waals surface area (Å²) in [4.78, 5) is 2.61. The molecule has 0 amide bonds. The molecular weight excluding hydrogens is 216 g/mol. The predicted octanol–water partition coefficient (Wildman–Crippen LogP) is 0.960. The van der Waals surface area contributed by atoms with Gasteiger partial charge < -0.3 is 5.11 Å². The Labute approximate surface area is 101 Å². The highest BCUT2D eigenvalue weighted by Crippen LogP contribution is 2.30. The number of rotatable bonds is 3. The molecule has 1 aliphatic carbocycles. The van der Waals surface area contributed by atoms with Gasteiger partial charge in [0.05, 0.1) is 18.8 Å². The van der Waals surface area contributed by atoms with Gasteiger partial charge in [-0.3, -0.25) is 4.90 Å². The molecule has 0 spiro atoms. The lowest BCUT2D eigenvalue weighted by Crippen LogP contribution is -2.46. The van der Waals surface area contributed by atoms with E-state index < -0.39 is 0 Å². The summed E-state index contributed by atoms with van der Waals surface area (Å²) in [5, 5.41) is 17.1. The average Bonchev–Trinajstić information content (AvgIpc) is 2.75. The highest BCUT2D eigenvalue weighted by molar-refractivity contribution is 4.93. The van der Waals surface area contributed by atoms with Crippen molar-refractivity contribution in [2.24, 2.45) is 0 Å². The van der Waals surface area contributed by atoms with E-state index in [2.05, 4.69) is 15.2 Å². The number of hydrogen-bond acceptors (Lipinski definition) is 4. The van der Waals surface area contributed by atoms with E-state index in [9.17, 15) is 0 Å². The Morgan fingerprint density at radius 3 is 2.71 bits per heavy atom. The normalized spacial score (nSPS) is 27.0. The first kappa shape index (κ1) is 11.2. The van der Waals surface area contributed by atoms with Crippen LogP contribution in [0.2, 0.25) is 0 Å². The fourth-order valence-electron chi connectivity index (χ4n) is 2.85. The second kappa shape index (κ2) is 4.74. The predicted molar refractivity (Wildman–Crippen MR) is 63.4 cm³/mol. The van der Waals surface area contributed by atoms with E-state index in [-0.39, 0.29) is 6.61 Å². The van der Waals surface area contributed by atoms with Crippen LogP contribution in [-0.4, -0.2) is 44.1 Å². The van der Waals surface area contributed by atoms with Gasteiger partial charge in [0.15, 0.2) is 0 Å². The van der Waals surface area contributed by atoms with Crippen molar-refractivity contribution in [2.75, 3.05) is 13.1 Å². The summed E-state index contributed by atoms with van der Waals surface area (Å²) in [7, 11) is 0. The van der Waals surface area contributed by atoms with Gasteiger partial charge in [0.2, 0.25) is 0 Å². The molecular formula is C12H20N4O. The summed E-state index contributed by atoms with van der Waals surface area (Å²) in [5.74, 6) is 0. The van der Waals surface area contributed by atoms with Crippen molar-refractivity contribution in [2.45, 2.75) is 50.8 Å². The van der Waals surface area contributed by atoms with E-state index in [4.69, 9.17) is 5.11 Å². The fourth-order valence-corrected chi connectivity index (χ4v) is 2.85. The zero-order valence-corrected chi connectivity index (χ0v) is 10.1. The molecule has 1 saturated heterocycles. The Bertz CT molecular complexity index is 374. The third-order valence-electron chi connectivity index (χ3n) is 4.11. The van der Waals surface area contributed by atoms with Gasteiger partial charge in [-0.05, 0) is 32.2 Å². The Morgan fingerprint density at radius 1 is 1.24 bits per heavy atom. The molecule has 94 valence electrons. The summed E-state index contributed by atoms with van der Waals surface area (Å²) in [5.41, 5.74) is 0.672. The molecule has 0 bridgehead atoms. The molecule has 1 atom stereocenters. The van der Waals surface area contributed by atoms with Gasteiger partial charge in [-0.2, -0.15) is 0 Å². The quantitative estimate of drug-likeness (QED) is 0.849. The molecule has 1 aromatic heterocycles. The number of likely N-dealkylation sites (tertiary alicyclic amines) is 1. The van der Waals surface area contributed by atoms with Gasteiger partial charge in [-0.1, -0.05) is 11.6 Å². The van der Waals surface area contributed by atoms with E-state index >= 15 is 0 Å². The van der Waals surface area contributed by atoms with Crippen molar-refractivity contribution < 1.29 is 5.11 Å². The van der Waals surface area contributed by atoms with Crippen molar-refractivity contribution in [1.82, 2.24) is 19.9 Å². The Kier molecular flexibility index (Phi) is 3.11. The molecule has 3 rings (SSSR count). The van der Waals surface area contributed by atoms with Crippen LogP contribution in [0.5, 0.6) is 0 Å². The number of nitrogens with zero attached hydrogens (tertiary/aromatic N) is 4. The number of aliphatic hydroxyl groups excluding tert-OH is 1. The van der Waals surface area contributed by atoms with Crippen LogP contribution in [0.3, 0.4) is 0 Å². The molecule has 1 aliphatic heterocycles. The zero-order valence-electron chi connectivity index (χ0n) is 10.1. The van der Waals surface area contributed by atoms with Gasteiger partial charge in [-0.15, -0.1) is 5.10 Å². The van der Waals surface area contributed by atoms with Crippen molar-refractivity contribution in [1.29, 1.82) is 0 Å². The minimum atomic E-state index is -0.0148. The molecule has 0 aromatic carbocycles. The van der Waals surface area contributed by atoms with E-state index in [1.807, 2.05) is 10.9 Å². The first-order chi connectivity index (χ1) is 8.36. The second-order valence-corrected chi connectivity index (χ2v) is 5.22. The number of aromatic nitrogens is 3. The van der Waals surface area contributed by atoms with Crippen molar-refractivity contribution >= 4 is 0 Å². The number of aliphatic hydroxyl groups is 1. The highest BCUT2D eigenvalue weighted by atomic mass is 16.3. The van der Waals surface area contributed by atoms with Crippen LogP contribution in [0, 0.1) is 0 Å². The Hall–Kier alpha value is -0.940. The molecule has 2 heterocycles. The minimum absolute atomic E-state index is 0.0148. The fraction of sp³-hybridized carbons (Fsp3) is 0.833. The topological polar surface area (TPSA) is 54.2 Å². The van der Waals surface area contributed by atoms with Crippen LogP contribution in [0.1, 0.15) is 43.8 Å². The first-order valence-corrected chi connectivity index (χ1v) is 6.62. The van der Waals surface area contributed by atoms with Crippen LogP contribution in [0.4, 0.5) is 0 Å². The van der Waals surface area contributed by atoms with Gasteiger partial charge in [0, 0.05) is 12.6 Å². The largest absolute Gasteiger partial charge is 0.390 e. The van der Waals surface area contributed by atoms with E-state index in [1.165, 1.54) is 38.6 Å². The summed E-state index contributed by atoms with van der Waals surface area (Å²) < 4.78 is 1.94. The van der Waals surface area contributed by atoms with Crippen molar-refractivity contribution in [3.63, 3.8) is 0 Å². The maximum Gasteiger partial charge on any atom is 0.108 e. The third kappa shape index (κ3) is 2.21. The summed E-state index contributed by atoms with van der Waals surface area (Å²) >= 11 is 0. The number of piperidine rings is 1. The maximum absolute atomic E-state index is 9.01. The van der Waals surface area contributed by atoms with Gasteiger partial charge in [0.1, 0.15) is 5.69 Å². The van der Waals surface area contributed by atoms with Crippen molar-refractivity contribution in [3.05, 3.63) is 11.9 Å². The minimum Gasteiger partial charge on any atom is -0.390 e. The Balaban J connectivity index is 1.66. The molecule has 1 aromatic rings. The van der Waals surface area contributed by atoms with Gasteiger partial charge in [0.25, 0.3) is 0 Å². The lowest BCUT2D eigenvalue weighted by Gasteiger charge is -2.42. The Morgan fingerprint density at radius 2 is 2.06 bits per heavy atom. The summed E-state index contributed by atoms with van der Waals surface area (Å²) in [6.07, 6.45) is 8.43. The molecule has 2 aliphatic rings. The SMILES string of the molecule is OCc1cn(C2CCCN(C3CCC3)C2)nn1. The van der Waals surface area contributed by atoms with Crippen molar-refractivity contribution in [3.8, 4) is 0 Å². The van der Waals surface area contributed by atoms with Crippen LogP contribution < -0.4 is 0 Å². The molecule has 0 radical (unpaired) electrons. The molecule has 17 heavy (non-hydrogen) atoms. The maximum atomic E-state index is 9.01. The molecule has 5 nitrogen and oxygen atoms in total. The van der Waals surface area contributed by atoms with Crippen LogP contribution in [0.25, 0.3) is 0 Å². The molecule has 1 unspecified atom stereocenters. The monoisotopic (exact) mass is 236 g/mol. The zero-order chi connectivity index (χ0) is 11.7. The van der Waals surface area contributed by atoms with E-state index in [0.29, 0.717) is 11.7 Å². The first-order valence-electron chi connectivity index (χ1n) is 6.62. The van der Waals surface area contributed by atoms with Gasteiger partial charge >= 0.3 is 0 Å². The van der Waals surface area contributed by atoms with Crippen LogP contribution in [-0.2, 0) is 6.61 Å². The summed E-state index contributed by atoms with van der Waals surface area (Å²) in [6, 6.07) is 1.26. The highest BCUT2D eigenvalue weighted by Gasteiger charge is 2.30. The number of hydrogen-bond donors (Lipinski definition) is 1. The lowest BCUT2D eigenvalue weighted by molar-refractivity contribution is 0.0760. The van der Waals surface area contributed by atoms with Gasteiger partial charge in [-0.25, -0.2) is 4.68 Å². The standard InChI is InChI=1S/C12H20N4O/c17-9-10-7-16(14-13-10)12-5-2-6-15(8-12)11-3-1-4-11/h7,11-12,17H,1-6,8-9H2. The van der Waals surface area contributed by atoms with Crippen LogP contribution in [0.15, 0.2) is 6.20 Å². The lowest BCUT2D eigenvalue weighted by atomic mass is 9.89. The van der Waals surface area contributed by atoms with E-state index in [1.54, 1.807) is 0 Å². The molecule has 5 heteroatoms. The van der Waals surface area contributed by atoms with E-state index in [0.717, 1.165) is 12.6 Å². The summed E-state index contributed by atoms with van der Waals surface area (Å²) in [6.45, 7) is 2.32. The second-order valence-electron chi connectivity index (χ2n) is 5.22. The molecule has 2 fully saturated rings. The third-order valence-corrected chi connectivity index (χ3v) is 4.11. The average molecular weight is 236 g/mol. The molecule has 1 N–H and O–H groups in total.